The van der Waals surface area contributed by atoms with Gasteiger partial charge >= 0.3 is 5.97 Å². The van der Waals surface area contributed by atoms with E-state index >= 15 is 0 Å². The molecule has 114 valence electrons. The number of hydrogen-bond donors (Lipinski definition) is 0. The van der Waals surface area contributed by atoms with E-state index in [0.29, 0.717) is 5.92 Å². The molecule has 1 aromatic heterocycles. The van der Waals surface area contributed by atoms with Crippen LogP contribution in [-0.4, -0.2) is 42.6 Å². The third-order valence-electron chi connectivity index (χ3n) is 5.25. The topological polar surface area (TPSA) is 42.4 Å². The molecule has 0 amide bonds. The van der Waals surface area contributed by atoms with Crippen LogP contribution in [0.3, 0.4) is 0 Å². The molecule has 0 unspecified atom stereocenters. The third-order valence-corrected chi connectivity index (χ3v) is 5.25. The molecule has 1 aromatic rings. The van der Waals surface area contributed by atoms with Gasteiger partial charge in [0.05, 0.1) is 12.5 Å². The highest BCUT2D eigenvalue weighted by Gasteiger charge is 2.53. The molecule has 0 N–H and O–H groups in total. The minimum absolute atomic E-state index is 0.0126. The molecule has 1 saturated carbocycles. The lowest BCUT2D eigenvalue weighted by Gasteiger charge is -2.35. The molecule has 1 saturated heterocycles. The summed E-state index contributed by atoms with van der Waals surface area (Å²) < 4.78 is 5.13. The van der Waals surface area contributed by atoms with E-state index in [4.69, 9.17) is 4.74 Å². The number of carbonyl (C=O) groups excluding carboxylic acids is 1. The van der Waals surface area contributed by atoms with Crippen LogP contribution in [0.5, 0.6) is 0 Å². The van der Waals surface area contributed by atoms with Crippen molar-refractivity contribution in [3.8, 4) is 0 Å². The van der Waals surface area contributed by atoms with Gasteiger partial charge in [-0.05, 0) is 42.9 Å². The lowest BCUT2D eigenvalue weighted by Crippen LogP contribution is -2.42. The van der Waals surface area contributed by atoms with E-state index in [1.54, 1.807) is 0 Å². The second-order valence-corrected chi connectivity index (χ2v) is 6.43. The number of carbonyl (C=O) groups is 1. The zero-order chi connectivity index (χ0) is 14.7. The van der Waals surface area contributed by atoms with Crippen molar-refractivity contribution in [2.45, 2.75) is 32.1 Å². The largest absolute Gasteiger partial charge is 0.469 e. The normalized spacial score (nSPS) is 29.1. The van der Waals surface area contributed by atoms with Crippen LogP contribution in [0.2, 0.25) is 0 Å². The van der Waals surface area contributed by atoms with Crippen molar-refractivity contribution in [3.05, 3.63) is 30.1 Å². The van der Waals surface area contributed by atoms with Gasteiger partial charge in [0.25, 0.3) is 0 Å². The van der Waals surface area contributed by atoms with Gasteiger partial charge in [-0.1, -0.05) is 12.8 Å². The van der Waals surface area contributed by atoms with Gasteiger partial charge in [0.2, 0.25) is 0 Å². The fourth-order valence-electron chi connectivity index (χ4n) is 4.10. The van der Waals surface area contributed by atoms with Crippen molar-refractivity contribution in [1.82, 2.24) is 9.88 Å². The molecule has 2 atom stereocenters. The van der Waals surface area contributed by atoms with E-state index in [2.05, 4.69) is 22.0 Å². The number of ether oxygens (including phenoxy) is 1. The van der Waals surface area contributed by atoms with E-state index in [1.807, 2.05) is 12.4 Å². The summed E-state index contributed by atoms with van der Waals surface area (Å²) in [5, 5.41) is 0. The standard InChI is InChI=1S/C17H24N2O2/c1-21-16(20)17-8-3-2-4-15(17)12-19(13-17)11-7-14-5-9-18-10-6-14/h5-6,9-10,15H,2-4,7-8,11-13H2,1H3/t15-,17-/m1/s1. The number of aromatic nitrogens is 1. The second kappa shape index (κ2) is 6.14. The van der Waals surface area contributed by atoms with E-state index in [9.17, 15) is 4.79 Å². The first-order valence-electron chi connectivity index (χ1n) is 7.94. The highest BCUT2D eigenvalue weighted by atomic mass is 16.5. The number of hydrogen-bond acceptors (Lipinski definition) is 4. The van der Waals surface area contributed by atoms with Gasteiger partial charge in [-0.15, -0.1) is 0 Å². The molecule has 2 heterocycles. The van der Waals surface area contributed by atoms with Gasteiger partial charge in [-0.3, -0.25) is 9.78 Å². The zero-order valence-electron chi connectivity index (χ0n) is 12.8. The van der Waals surface area contributed by atoms with Crippen LogP contribution >= 0.6 is 0 Å². The summed E-state index contributed by atoms with van der Waals surface area (Å²) in [7, 11) is 1.53. The van der Waals surface area contributed by atoms with Crippen LogP contribution < -0.4 is 0 Å². The molecule has 2 aliphatic rings. The van der Waals surface area contributed by atoms with E-state index in [0.717, 1.165) is 38.9 Å². The van der Waals surface area contributed by atoms with Crippen LogP contribution in [0.25, 0.3) is 0 Å². The number of rotatable bonds is 4. The smallest absolute Gasteiger partial charge is 0.313 e. The van der Waals surface area contributed by atoms with Gasteiger partial charge in [-0.25, -0.2) is 0 Å². The molecule has 1 aliphatic heterocycles. The second-order valence-electron chi connectivity index (χ2n) is 6.43. The van der Waals surface area contributed by atoms with Crippen molar-refractivity contribution in [2.24, 2.45) is 11.3 Å². The summed E-state index contributed by atoms with van der Waals surface area (Å²) in [5.74, 6) is 0.495. The average molecular weight is 288 g/mol. The van der Waals surface area contributed by atoms with Crippen molar-refractivity contribution in [3.63, 3.8) is 0 Å². The molecule has 21 heavy (non-hydrogen) atoms. The van der Waals surface area contributed by atoms with Crippen molar-refractivity contribution < 1.29 is 9.53 Å². The Morgan fingerprint density at radius 1 is 1.43 bits per heavy atom. The highest BCUT2D eigenvalue weighted by molar-refractivity contribution is 5.78. The fourth-order valence-corrected chi connectivity index (χ4v) is 4.10. The average Bonchev–Trinajstić information content (AvgIpc) is 2.93. The maximum atomic E-state index is 12.3. The van der Waals surface area contributed by atoms with Crippen molar-refractivity contribution >= 4 is 5.97 Å². The Balaban J connectivity index is 1.65. The summed E-state index contributed by atoms with van der Waals surface area (Å²) in [6, 6.07) is 4.14. The minimum atomic E-state index is -0.231. The molecule has 0 aromatic carbocycles. The SMILES string of the molecule is COC(=O)[C@@]12CCCC[C@@H]1CN(CCc1ccncc1)C2. The number of fused-ring (bicyclic) bond motifs is 1. The van der Waals surface area contributed by atoms with Crippen LogP contribution in [0.1, 0.15) is 31.2 Å². The molecule has 4 nitrogen and oxygen atoms in total. The number of pyridine rings is 1. The predicted octanol–water partition coefficient (Wildman–Crippen LogP) is 2.29. The first-order valence-corrected chi connectivity index (χ1v) is 7.94. The van der Waals surface area contributed by atoms with Gasteiger partial charge in [0.15, 0.2) is 0 Å². The summed E-state index contributed by atoms with van der Waals surface area (Å²) in [5.41, 5.74) is 1.08. The maximum absolute atomic E-state index is 12.3. The van der Waals surface area contributed by atoms with E-state index < -0.39 is 0 Å². The molecule has 0 radical (unpaired) electrons. The zero-order valence-corrected chi connectivity index (χ0v) is 12.8. The van der Waals surface area contributed by atoms with Crippen LogP contribution in [-0.2, 0) is 16.0 Å². The Kier molecular flexibility index (Phi) is 4.24. The summed E-state index contributed by atoms with van der Waals surface area (Å²) >= 11 is 0. The predicted molar refractivity (Wildman–Crippen MR) is 80.8 cm³/mol. The Hall–Kier alpha value is -1.42. The molecule has 0 spiro atoms. The molecule has 3 rings (SSSR count). The van der Waals surface area contributed by atoms with Crippen LogP contribution in [0.15, 0.2) is 24.5 Å². The molecule has 0 bridgehead atoms. The first-order chi connectivity index (χ1) is 10.2. The van der Waals surface area contributed by atoms with Gasteiger partial charge < -0.3 is 9.64 Å². The molecular weight excluding hydrogens is 264 g/mol. The molecule has 1 aliphatic carbocycles. The Morgan fingerprint density at radius 2 is 2.24 bits per heavy atom. The monoisotopic (exact) mass is 288 g/mol. The van der Waals surface area contributed by atoms with E-state index in [-0.39, 0.29) is 11.4 Å². The maximum Gasteiger partial charge on any atom is 0.313 e. The van der Waals surface area contributed by atoms with Gasteiger partial charge in [0, 0.05) is 32.0 Å². The number of methoxy groups -OCH3 is 1. The first kappa shape index (κ1) is 14.5. The lowest BCUT2D eigenvalue weighted by atomic mass is 9.68. The van der Waals surface area contributed by atoms with Gasteiger partial charge in [0.1, 0.15) is 0 Å². The quantitative estimate of drug-likeness (QED) is 0.797. The Labute approximate surface area is 126 Å². The fraction of sp³-hybridized carbons (Fsp3) is 0.647. The van der Waals surface area contributed by atoms with Crippen LogP contribution in [0, 0.1) is 11.3 Å². The number of esters is 1. The lowest BCUT2D eigenvalue weighted by molar-refractivity contribution is -0.156. The Bertz CT molecular complexity index is 491. The van der Waals surface area contributed by atoms with E-state index in [1.165, 1.54) is 25.5 Å². The Morgan fingerprint density at radius 3 is 3.00 bits per heavy atom. The summed E-state index contributed by atoms with van der Waals surface area (Å²) in [6.07, 6.45) is 9.28. The summed E-state index contributed by atoms with van der Waals surface area (Å²) in [6.45, 7) is 2.93. The number of nitrogens with zero attached hydrogens (tertiary/aromatic N) is 2. The molecule has 4 heteroatoms. The van der Waals surface area contributed by atoms with Gasteiger partial charge in [-0.2, -0.15) is 0 Å². The van der Waals surface area contributed by atoms with Crippen LogP contribution in [0.4, 0.5) is 0 Å². The van der Waals surface area contributed by atoms with Crippen molar-refractivity contribution in [1.29, 1.82) is 0 Å². The third kappa shape index (κ3) is 2.82. The highest BCUT2D eigenvalue weighted by Crippen LogP contribution is 2.47. The molecule has 2 fully saturated rings. The summed E-state index contributed by atoms with van der Waals surface area (Å²) in [4.78, 5) is 18.8. The number of likely N-dealkylation sites (tertiary alicyclic amines) is 1. The molecular formula is C17H24N2O2. The van der Waals surface area contributed by atoms with Crippen molar-refractivity contribution in [2.75, 3.05) is 26.7 Å². The minimum Gasteiger partial charge on any atom is -0.469 e.